The second-order valence-electron chi connectivity index (χ2n) is 5.54. The third kappa shape index (κ3) is 5.65. The largest absolute Gasteiger partial charge is 0.355 e. The number of thioether (sulfide) groups is 1. The molecule has 1 aromatic rings. The van der Waals surface area contributed by atoms with Crippen molar-refractivity contribution >= 4 is 29.3 Å². The summed E-state index contributed by atoms with van der Waals surface area (Å²) in [6, 6.07) is 7.67. The van der Waals surface area contributed by atoms with E-state index in [9.17, 15) is 9.59 Å². The quantitative estimate of drug-likeness (QED) is 0.821. The summed E-state index contributed by atoms with van der Waals surface area (Å²) in [5.74, 6) is -0.146. The summed E-state index contributed by atoms with van der Waals surface area (Å²) in [7, 11) is 0. The van der Waals surface area contributed by atoms with Gasteiger partial charge in [-0.25, -0.2) is 0 Å². The van der Waals surface area contributed by atoms with Gasteiger partial charge in [-0.05, 0) is 24.5 Å². The zero-order valence-electron chi connectivity index (χ0n) is 12.4. The van der Waals surface area contributed by atoms with Crippen molar-refractivity contribution in [1.29, 1.82) is 0 Å². The van der Waals surface area contributed by atoms with E-state index < -0.39 is 5.41 Å². The van der Waals surface area contributed by atoms with Crippen LogP contribution in [0.1, 0.15) is 27.2 Å². The van der Waals surface area contributed by atoms with Crippen molar-refractivity contribution in [2.24, 2.45) is 5.41 Å². The SMILES string of the molecule is CSc1cccc(NC(=O)CCNC(=O)C(C)(C)C)c1. The standard InChI is InChI=1S/C15H22N2O2S/c1-15(2,3)14(19)16-9-8-13(18)17-11-6-5-7-12(10-11)20-4/h5-7,10H,8-9H2,1-4H3,(H,16,19)(H,17,18). The van der Waals surface area contributed by atoms with Gasteiger partial charge < -0.3 is 10.6 Å². The zero-order valence-corrected chi connectivity index (χ0v) is 13.3. The molecule has 5 heteroatoms. The molecular formula is C15H22N2O2S. The van der Waals surface area contributed by atoms with Gasteiger partial charge >= 0.3 is 0 Å². The van der Waals surface area contributed by atoms with Crippen molar-refractivity contribution in [1.82, 2.24) is 5.32 Å². The minimum atomic E-state index is -0.427. The predicted molar refractivity (Wildman–Crippen MR) is 83.9 cm³/mol. The maximum Gasteiger partial charge on any atom is 0.226 e. The molecule has 20 heavy (non-hydrogen) atoms. The molecule has 0 aromatic heterocycles. The van der Waals surface area contributed by atoms with Gasteiger partial charge in [0.2, 0.25) is 11.8 Å². The third-order valence-electron chi connectivity index (χ3n) is 2.67. The van der Waals surface area contributed by atoms with E-state index in [-0.39, 0.29) is 18.2 Å². The highest BCUT2D eigenvalue weighted by Gasteiger charge is 2.20. The highest BCUT2D eigenvalue weighted by molar-refractivity contribution is 7.98. The molecule has 1 aromatic carbocycles. The highest BCUT2D eigenvalue weighted by atomic mass is 32.2. The molecule has 0 saturated heterocycles. The molecule has 1 rings (SSSR count). The van der Waals surface area contributed by atoms with Crippen LogP contribution < -0.4 is 10.6 Å². The van der Waals surface area contributed by atoms with Gasteiger partial charge in [0.25, 0.3) is 0 Å². The lowest BCUT2D eigenvalue weighted by Crippen LogP contribution is -2.36. The highest BCUT2D eigenvalue weighted by Crippen LogP contribution is 2.19. The third-order valence-corrected chi connectivity index (χ3v) is 3.40. The number of carbonyl (C=O) groups is 2. The molecule has 0 spiro atoms. The fourth-order valence-corrected chi connectivity index (χ4v) is 1.94. The molecule has 0 aliphatic rings. The maximum absolute atomic E-state index is 11.8. The van der Waals surface area contributed by atoms with Crippen LogP contribution in [-0.4, -0.2) is 24.6 Å². The Morgan fingerprint density at radius 1 is 1.25 bits per heavy atom. The first-order valence-electron chi connectivity index (χ1n) is 6.55. The minimum absolute atomic E-state index is 0.0466. The van der Waals surface area contributed by atoms with E-state index in [1.54, 1.807) is 11.8 Å². The van der Waals surface area contributed by atoms with E-state index in [4.69, 9.17) is 0 Å². The molecule has 0 atom stereocenters. The van der Waals surface area contributed by atoms with Crippen LogP contribution in [0.2, 0.25) is 0 Å². The fraction of sp³-hybridized carbons (Fsp3) is 0.467. The van der Waals surface area contributed by atoms with Crippen LogP contribution in [0.15, 0.2) is 29.2 Å². The first-order chi connectivity index (χ1) is 9.32. The summed E-state index contributed by atoms with van der Waals surface area (Å²) in [6.45, 7) is 5.88. The first kappa shape index (κ1) is 16.6. The Balaban J connectivity index is 2.39. The lowest BCUT2D eigenvalue weighted by atomic mass is 9.96. The van der Waals surface area contributed by atoms with E-state index in [1.807, 2.05) is 51.3 Å². The second-order valence-corrected chi connectivity index (χ2v) is 6.42. The summed E-state index contributed by atoms with van der Waals surface area (Å²) in [4.78, 5) is 24.5. The van der Waals surface area contributed by atoms with Crippen LogP contribution in [0.25, 0.3) is 0 Å². The van der Waals surface area contributed by atoms with Crippen molar-refractivity contribution in [2.75, 3.05) is 18.1 Å². The fourth-order valence-electron chi connectivity index (χ4n) is 1.48. The molecule has 110 valence electrons. The lowest BCUT2D eigenvalue weighted by Gasteiger charge is -2.17. The number of hydrogen-bond acceptors (Lipinski definition) is 3. The topological polar surface area (TPSA) is 58.2 Å². The van der Waals surface area contributed by atoms with Gasteiger partial charge in [0.1, 0.15) is 0 Å². The van der Waals surface area contributed by atoms with Crippen molar-refractivity contribution < 1.29 is 9.59 Å². The number of anilines is 1. The molecule has 0 aliphatic heterocycles. The Morgan fingerprint density at radius 3 is 2.55 bits per heavy atom. The lowest BCUT2D eigenvalue weighted by molar-refractivity contribution is -0.128. The number of rotatable bonds is 5. The van der Waals surface area contributed by atoms with E-state index in [2.05, 4.69) is 10.6 Å². The molecule has 2 N–H and O–H groups in total. The van der Waals surface area contributed by atoms with Crippen LogP contribution in [0.4, 0.5) is 5.69 Å². The average Bonchev–Trinajstić information content (AvgIpc) is 2.37. The molecule has 0 saturated carbocycles. The van der Waals surface area contributed by atoms with Crippen LogP contribution in [0, 0.1) is 5.41 Å². The molecule has 0 bridgehead atoms. The van der Waals surface area contributed by atoms with Crippen molar-refractivity contribution in [3.8, 4) is 0 Å². The summed E-state index contributed by atoms with van der Waals surface area (Å²) in [5.41, 5.74) is 0.354. The predicted octanol–water partition coefficient (Wildman–Crippen LogP) is 2.90. The Labute approximate surface area is 124 Å². The number of amides is 2. The van der Waals surface area contributed by atoms with Gasteiger partial charge in [-0.3, -0.25) is 9.59 Å². The van der Waals surface area contributed by atoms with E-state index >= 15 is 0 Å². The smallest absolute Gasteiger partial charge is 0.226 e. The molecule has 0 aliphatic carbocycles. The monoisotopic (exact) mass is 294 g/mol. The van der Waals surface area contributed by atoms with Crippen molar-refractivity contribution in [3.63, 3.8) is 0 Å². The van der Waals surface area contributed by atoms with E-state index in [0.29, 0.717) is 6.54 Å². The second kappa shape index (κ2) is 7.33. The summed E-state index contributed by atoms with van der Waals surface area (Å²) < 4.78 is 0. The Hall–Kier alpha value is -1.49. The summed E-state index contributed by atoms with van der Waals surface area (Å²) in [5, 5.41) is 5.58. The van der Waals surface area contributed by atoms with Gasteiger partial charge in [0, 0.05) is 29.0 Å². The van der Waals surface area contributed by atoms with Gasteiger partial charge in [-0.15, -0.1) is 11.8 Å². The van der Waals surface area contributed by atoms with E-state index in [0.717, 1.165) is 10.6 Å². The number of carbonyl (C=O) groups excluding carboxylic acids is 2. The number of nitrogens with one attached hydrogen (secondary N) is 2. The van der Waals surface area contributed by atoms with Crippen molar-refractivity contribution in [2.45, 2.75) is 32.1 Å². The van der Waals surface area contributed by atoms with E-state index in [1.165, 1.54) is 0 Å². The molecular weight excluding hydrogens is 272 g/mol. The molecule has 0 fully saturated rings. The van der Waals surface area contributed by atoms with Crippen molar-refractivity contribution in [3.05, 3.63) is 24.3 Å². The first-order valence-corrected chi connectivity index (χ1v) is 7.77. The Kier molecular flexibility index (Phi) is 6.07. The normalized spacial score (nSPS) is 11.0. The molecule has 0 radical (unpaired) electrons. The molecule has 0 heterocycles. The molecule has 0 unspecified atom stereocenters. The zero-order chi connectivity index (χ0) is 15.2. The van der Waals surface area contributed by atoms with Gasteiger partial charge in [-0.2, -0.15) is 0 Å². The van der Waals surface area contributed by atoms with Crippen LogP contribution in [0.5, 0.6) is 0 Å². The molecule has 2 amide bonds. The average molecular weight is 294 g/mol. The Morgan fingerprint density at radius 2 is 1.95 bits per heavy atom. The van der Waals surface area contributed by atoms with Crippen LogP contribution >= 0.6 is 11.8 Å². The number of benzene rings is 1. The summed E-state index contributed by atoms with van der Waals surface area (Å²) in [6.07, 6.45) is 2.26. The van der Waals surface area contributed by atoms with Gasteiger partial charge in [-0.1, -0.05) is 26.8 Å². The molecule has 4 nitrogen and oxygen atoms in total. The van der Waals surface area contributed by atoms with Crippen LogP contribution in [-0.2, 0) is 9.59 Å². The summed E-state index contributed by atoms with van der Waals surface area (Å²) >= 11 is 1.63. The van der Waals surface area contributed by atoms with Crippen LogP contribution in [0.3, 0.4) is 0 Å². The van der Waals surface area contributed by atoms with Gasteiger partial charge in [0.05, 0.1) is 0 Å². The number of hydrogen-bond donors (Lipinski definition) is 2. The maximum atomic E-state index is 11.8. The minimum Gasteiger partial charge on any atom is -0.355 e. The Bertz CT molecular complexity index is 481. The van der Waals surface area contributed by atoms with Gasteiger partial charge in [0.15, 0.2) is 0 Å².